The lowest BCUT2D eigenvalue weighted by atomic mass is 10.2. The van der Waals surface area contributed by atoms with Crippen LogP contribution in [0, 0.1) is 6.92 Å². The Morgan fingerprint density at radius 2 is 2.03 bits per heavy atom. The number of benzene rings is 2. The molecule has 166 valence electrons. The Labute approximate surface area is 196 Å². The minimum absolute atomic E-state index is 0.431. The molecule has 1 aliphatic rings. The summed E-state index contributed by atoms with van der Waals surface area (Å²) in [7, 11) is 0. The van der Waals surface area contributed by atoms with Gasteiger partial charge in [-0.05, 0) is 43.2 Å². The first-order chi connectivity index (χ1) is 15.5. The maximum absolute atomic E-state index is 11.2. The van der Waals surface area contributed by atoms with Crippen LogP contribution in [0.25, 0.3) is 0 Å². The Morgan fingerprint density at radius 3 is 2.81 bits per heavy atom. The molecule has 0 saturated carbocycles. The van der Waals surface area contributed by atoms with Crippen molar-refractivity contribution in [2.75, 3.05) is 35.3 Å². The highest BCUT2D eigenvalue weighted by Gasteiger charge is 2.17. The normalized spacial score (nSPS) is 12.9. The number of carbonyl (C=O) groups excluding carboxylic acids is 1. The second-order valence-electron chi connectivity index (χ2n) is 7.51. The first-order valence-electron chi connectivity index (χ1n) is 10.3. The fraction of sp³-hybridized carbons (Fsp3) is 0.217. The zero-order valence-corrected chi connectivity index (χ0v) is 19.3. The number of rotatable bonds is 9. The Hall–Kier alpha value is -3.23. The Balaban J connectivity index is 1.24. The molecule has 4 N–H and O–H groups in total. The zero-order valence-electron chi connectivity index (χ0n) is 17.7. The SMILES string of the molecule is Cc1cccc(Cl)c1N1C=CN(CCCNc2cccc(Nc3ncc(C(N)=O)s3)c2)C1. The van der Waals surface area contributed by atoms with Crippen LogP contribution < -0.4 is 21.3 Å². The lowest BCUT2D eigenvalue weighted by Crippen LogP contribution is -2.27. The number of primary amides is 1. The first kappa shape index (κ1) is 22.0. The molecular weight excluding hydrogens is 444 g/mol. The average molecular weight is 469 g/mol. The summed E-state index contributed by atoms with van der Waals surface area (Å²) in [5.74, 6) is -0.469. The van der Waals surface area contributed by atoms with Crippen molar-refractivity contribution in [3.63, 3.8) is 0 Å². The van der Waals surface area contributed by atoms with Crippen LogP contribution in [0.15, 0.2) is 61.1 Å². The van der Waals surface area contributed by atoms with Gasteiger partial charge in [0.25, 0.3) is 5.91 Å². The van der Waals surface area contributed by atoms with Gasteiger partial charge in [-0.25, -0.2) is 4.98 Å². The molecule has 0 aliphatic carbocycles. The summed E-state index contributed by atoms with van der Waals surface area (Å²) in [6.07, 6.45) is 6.67. The smallest absolute Gasteiger partial charge is 0.260 e. The number of carbonyl (C=O) groups is 1. The molecule has 7 nitrogen and oxygen atoms in total. The standard InChI is InChI=1S/C23H25ClN6OS/c1-16-5-2-8-19(24)21(16)30-12-11-29(15-30)10-4-9-26-17-6-3-7-18(13-17)28-23-27-14-20(32-23)22(25)31/h2-3,5-8,11-14,26H,4,9-10,15H2,1H3,(H2,25,31)(H,27,28). The van der Waals surface area contributed by atoms with Crippen LogP contribution in [-0.2, 0) is 0 Å². The molecule has 0 spiro atoms. The van der Waals surface area contributed by atoms with E-state index >= 15 is 0 Å². The lowest BCUT2D eigenvalue weighted by Gasteiger charge is -2.23. The van der Waals surface area contributed by atoms with Gasteiger partial charge in [-0.1, -0.05) is 41.1 Å². The predicted molar refractivity (Wildman–Crippen MR) is 133 cm³/mol. The van der Waals surface area contributed by atoms with Gasteiger partial charge in [0.15, 0.2) is 5.13 Å². The van der Waals surface area contributed by atoms with E-state index in [9.17, 15) is 4.79 Å². The Morgan fingerprint density at radius 1 is 1.22 bits per heavy atom. The molecule has 0 saturated heterocycles. The van der Waals surface area contributed by atoms with Gasteiger partial charge in [0.2, 0.25) is 0 Å². The van der Waals surface area contributed by atoms with Crippen molar-refractivity contribution in [2.45, 2.75) is 13.3 Å². The van der Waals surface area contributed by atoms with Crippen LogP contribution in [0.1, 0.15) is 21.7 Å². The highest BCUT2D eigenvalue weighted by atomic mass is 35.5. The third-order valence-electron chi connectivity index (χ3n) is 5.08. The Kier molecular flexibility index (Phi) is 6.82. The number of nitrogens with zero attached hydrogens (tertiary/aromatic N) is 3. The minimum Gasteiger partial charge on any atom is -0.385 e. The van der Waals surface area contributed by atoms with E-state index in [0.29, 0.717) is 10.0 Å². The van der Waals surface area contributed by atoms with E-state index in [2.05, 4.69) is 50.8 Å². The molecule has 32 heavy (non-hydrogen) atoms. The summed E-state index contributed by atoms with van der Waals surface area (Å²) in [5, 5.41) is 8.08. The lowest BCUT2D eigenvalue weighted by molar-refractivity contribution is 0.100. The van der Waals surface area contributed by atoms with Gasteiger partial charge in [-0.15, -0.1) is 0 Å². The van der Waals surface area contributed by atoms with Crippen LogP contribution >= 0.6 is 22.9 Å². The number of halogens is 1. The molecule has 0 atom stereocenters. The van der Waals surface area contributed by atoms with Crippen molar-refractivity contribution in [3.05, 3.63) is 76.5 Å². The zero-order chi connectivity index (χ0) is 22.5. The molecule has 0 fully saturated rings. The fourth-order valence-electron chi connectivity index (χ4n) is 3.53. The van der Waals surface area contributed by atoms with Crippen LogP contribution in [0.2, 0.25) is 5.02 Å². The topological polar surface area (TPSA) is 86.5 Å². The van der Waals surface area contributed by atoms with Crippen LogP contribution in [-0.4, -0.2) is 35.5 Å². The van der Waals surface area contributed by atoms with Gasteiger partial charge < -0.3 is 26.2 Å². The van der Waals surface area contributed by atoms with Crippen molar-refractivity contribution in [1.29, 1.82) is 0 Å². The fourth-order valence-corrected chi connectivity index (χ4v) is 4.55. The van der Waals surface area contributed by atoms with Gasteiger partial charge in [0.1, 0.15) is 4.88 Å². The Bertz CT molecular complexity index is 1110. The molecule has 0 radical (unpaired) electrons. The number of aryl methyl sites for hydroxylation is 1. The van der Waals surface area contributed by atoms with Crippen molar-refractivity contribution in [2.24, 2.45) is 5.73 Å². The quantitative estimate of drug-likeness (QED) is 0.383. The third kappa shape index (κ3) is 5.33. The molecule has 1 aromatic heterocycles. The van der Waals surface area contributed by atoms with Crippen molar-refractivity contribution >= 4 is 51.0 Å². The van der Waals surface area contributed by atoms with Gasteiger partial charge in [-0.3, -0.25) is 4.79 Å². The highest BCUT2D eigenvalue weighted by molar-refractivity contribution is 7.17. The van der Waals surface area contributed by atoms with Crippen LogP contribution in [0.3, 0.4) is 0 Å². The molecule has 9 heteroatoms. The number of anilines is 4. The van der Waals surface area contributed by atoms with E-state index in [0.717, 1.165) is 48.3 Å². The maximum Gasteiger partial charge on any atom is 0.260 e. The second kappa shape index (κ2) is 9.93. The van der Waals surface area contributed by atoms with E-state index in [4.69, 9.17) is 17.3 Å². The highest BCUT2D eigenvalue weighted by Crippen LogP contribution is 2.31. The molecule has 1 amide bonds. The van der Waals surface area contributed by atoms with Crippen molar-refractivity contribution in [3.8, 4) is 0 Å². The maximum atomic E-state index is 11.2. The molecule has 1 aliphatic heterocycles. The third-order valence-corrected chi connectivity index (χ3v) is 6.31. The van der Waals surface area contributed by atoms with Crippen LogP contribution in [0.4, 0.5) is 22.2 Å². The number of hydrogen-bond donors (Lipinski definition) is 3. The summed E-state index contributed by atoms with van der Waals surface area (Å²) in [5.41, 5.74) is 9.44. The first-order valence-corrected chi connectivity index (χ1v) is 11.5. The summed E-state index contributed by atoms with van der Waals surface area (Å²) in [6.45, 7) is 4.67. The number of para-hydroxylation sites is 1. The number of nitrogens with two attached hydrogens (primary N) is 1. The summed E-state index contributed by atoms with van der Waals surface area (Å²) < 4.78 is 0. The molecule has 0 unspecified atom stereocenters. The number of amides is 1. The molecular formula is C23H25ClN6OS. The van der Waals surface area contributed by atoms with Gasteiger partial charge in [-0.2, -0.15) is 0 Å². The number of nitrogens with one attached hydrogen (secondary N) is 2. The molecule has 0 bridgehead atoms. The van der Waals surface area contributed by atoms with Gasteiger partial charge >= 0.3 is 0 Å². The summed E-state index contributed by atoms with van der Waals surface area (Å²) in [4.78, 5) is 20.3. The van der Waals surface area contributed by atoms with Gasteiger partial charge in [0, 0.05) is 36.9 Å². The summed E-state index contributed by atoms with van der Waals surface area (Å²) in [6, 6.07) is 14.0. The largest absolute Gasteiger partial charge is 0.385 e. The minimum atomic E-state index is -0.469. The predicted octanol–water partition coefficient (Wildman–Crippen LogP) is 5.00. The van der Waals surface area contributed by atoms with E-state index < -0.39 is 5.91 Å². The number of hydrogen-bond acceptors (Lipinski definition) is 7. The van der Waals surface area contributed by atoms with Crippen LogP contribution in [0.5, 0.6) is 0 Å². The number of aromatic nitrogens is 1. The van der Waals surface area contributed by atoms with E-state index in [1.165, 1.54) is 23.1 Å². The van der Waals surface area contributed by atoms with Crippen molar-refractivity contribution < 1.29 is 4.79 Å². The molecule has 4 rings (SSSR count). The van der Waals surface area contributed by atoms with E-state index in [1.807, 2.05) is 36.4 Å². The number of thiazole rings is 1. The second-order valence-corrected chi connectivity index (χ2v) is 8.94. The molecule has 3 aromatic rings. The molecule has 2 aromatic carbocycles. The van der Waals surface area contributed by atoms with E-state index in [1.54, 1.807) is 0 Å². The van der Waals surface area contributed by atoms with E-state index in [-0.39, 0.29) is 0 Å². The monoisotopic (exact) mass is 468 g/mol. The average Bonchev–Trinajstić information content (AvgIpc) is 3.42. The van der Waals surface area contributed by atoms with Gasteiger partial charge in [0.05, 0.1) is 23.6 Å². The summed E-state index contributed by atoms with van der Waals surface area (Å²) >= 11 is 7.63. The van der Waals surface area contributed by atoms with Crippen molar-refractivity contribution in [1.82, 2.24) is 9.88 Å². The molecule has 2 heterocycles.